The molecule has 37 heavy (non-hydrogen) atoms. The first-order chi connectivity index (χ1) is 18.3. The molecule has 0 saturated heterocycles. The van der Waals surface area contributed by atoms with Crippen LogP contribution in [0.25, 0.3) is 0 Å². The smallest absolute Gasteiger partial charge is 0.101 e. The molecule has 0 amide bonds. The van der Waals surface area contributed by atoms with Gasteiger partial charge in [-0.3, -0.25) is 0 Å². The van der Waals surface area contributed by atoms with Crippen LogP contribution in [-0.2, 0) is 0 Å². The first kappa shape index (κ1) is 34.4. The van der Waals surface area contributed by atoms with Crippen LogP contribution in [0, 0.1) is 0 Å². The second-order valence-electron chi connectivity index (χ2n) is 12.2. The van der Waals surface area contributed by atoms with E-state index in [1.165, 1.54) is 186 Å². The maximum absolute atomic E-state index is 2.68. The molecule has 0 bridgehead atoms. The molecule has 1 aliphatic heterocycles. The summed E-state index contributed by atoms with van der Waals surface area (Å²) in [6, 6.07) is 0. The minimum absolute atomic E-state index is 0.642. The van der Waals surface area contributed by atoms with Gasteiger partial charge in [-0.15, -0.1) is 0 Å². The van der Waals surface area contributed by atoms with Crippen LogP contribution in [0.5, 0.6) is 0 Å². The second-order valence-corrected chi connectivity index (χ2v) is 12.2. The minimum Gasteiger partial charge on any atom is -0.356 e. The molecular formula is C35H70N2. The first-order valence-corrected chi connectivity index (χ1v) is 17.5. The molecule has 1 heterocycles. The molecule has 0 aliphatic carbocycles. The van der Waals surface area contributed by atoms with Crippen LogP contribution in [0.15, 0.2) is 12.4 Å². The third-order valence-electron chi connectivity index (χ3n) is 8.57. The SMILES string of the molecule is CCCCCCCCCCCCCCCCCCCC1N(CCCCC)C=CN1CCCCCCCC. The van der Waals surface area contributed by atoms with Crippen LogP contribution in [0.3, 0.4) is 0 Å². The topological polar surface area (TPSA) is 6.48 Å². The molecule has 0 radical (unpaired) electrons. The Bertz CT molecular complexity index is 474. The van der Waals surface area contributed by atoms with Gasteiger partial charge in [-0.05, 0) is 25.7 Å². The summed E-state index contributed by atoms with van der Waals surface area (Å²) in [6.45, 7) is 9.45. The molecule has 0 fully saturated rings. The summed E-state index contributed by atoms with van der Waals surface area (Å²) >= 11 is 0. The first-order valence-electron chi connectivity index (χ1n) is 17.5. The maximum Gasteiger partial charge on any atom is 0.101 e. The fourth-order valence-corrected chi connectivity index (χ4v) is 6.01. The van der Waals surface area contributed by atoms with E-state index in [0.717, 1.165) is 0 Å². The summed E-state index contributed by atoms with van der Waals surface area (Å²) in [4.78, 5) is 5.34. The van der Waals surface area contributed by atoms with Crippen molar-refractivity contribution in [3.05, 3.63) is 12.4 Å². The predicted octanol–water partition coefficient (Wildman–Crippen LogP) is 12.0. The van der Waals surface area contributed by atoms with Gasteiger partial charge in [0.1, 0.15) is 6.17 Å². The fraction of sp³-hybridized carbons (Fsp3) is 0.943. The summed E-state index contributed by atoms with van der Waals surface area (Å²) in [6.07, 6.45) is 44.0. The molecule has 1 aliphatic rings. The molecular weight excluding hydrogens is 448 g/mol. The summed E-state index contributed by atoms with van der Waals surface area (Å²) in [7, 11) is 0. The van der Waals surface area contributed by atoms with E-state index in [1.54, 1.807) is 0 Å². The van der Waals surface area contributed by atoms with Crippen molar-refractivity contribution in [2.45, 2.75) is 200 Å². The van der Waals surface area contributed by atoms with Gasteiger partial charge in [0.2, 0.25) is 0 Å². The van der Waals surface area contributed by atoms with Crippen LogP contribution < -0.4 is 0 Å². The highest BCUT2D eigenvalue weighted by Crippen LogP contribution is 2.24. The highest BCUT2D eigenvalue weighted by atomic mass is 15.4. The molecule has 2 heteroatoms. The van der Waals surface area contributed by atoms with Gasteiger partial charge in [0.05, 0.1) is 0 Å². The van der Waals surface area contributed by atoms with Gasteiger partial charge in [-0.1, -0.05) is 168 Å². The van der Waals surface area contributed by atoms with Gasteiger partial charge >= 0.3 is 0 Å². The molecule has 0 N–H and O–H groups in total. The van der Waals surface area contributed by atoms with E-state index in [2.05, 4.69) is 43.0 Å². The van der Waals surface area contributed by atoms with Crippen LogP contribution >= 0.6 is 0 Å². The average molecular weight is 519 g/mol. The monoisotopic (exact) mass is 519 g/mol. The van der Waals surface area contributed by atoms with Gasteiger partial charge in [-0.2, -0.15) is 0 Å². The molecule has 0 aromatic carbocycles. The van der Waals surface area contributed by atoms with E-state index < -0.39 is 0 Å². The quantitative estimate of drug-likeness (QED) is 0.0908. The number of hydrogen-bond acceptors (Lipinski definition) is 2. The molecule has 0 aromatic rings. The van der Waals surface area contributed by atoms with Crippen molar-refractivity contribution in [3.8, 4) is 0 Å². The van der Waals surface area contributed by atoms with Crippen LogP contribution in [0.2, 0.25) is 0 Å². The summed E-state index contributed by atoms with van der Waals surface area (Å²) in [5, 5.41) is 0. The lowest BCUT2D eigenvalue weighted by Crippen LogP contribution is -2.39. The van der Waals surface area contributed by atoms with E-state index in [4.69, 9.17) is 0 Å². The average Bonchev–Trinajstić information content (AvgIpc) is 3.29. The van der Waals surface area contributed by atoms with Gasteiger partial charge in [0.15, 0.2) is 0 Å². The number of nitrogens with zero attached hydrogens (tertiary/aromatic N) is 2. The number of hydrogen-bond donors (Lipinski definition) is 0. The molecule has 1 atom stereocenters. The second kappa shape index (κ2) is 26.9. The normalized spacial score (nSPS) is 15.4. The lowest BCUT2D eigenvalue weighted by Gasteiger charge is -2.33. The molecule has 220 valence electrons. The van der Waals surface area contributed by atoms with E-state index in [0.29, 0.717) is 6.17 Å². The molecule has 2 nitrogen and oxygen atoms in total. The van der Waals surface area contributed by atoms with E-state index in [-0.39, 0.29) is 0 Å². The Kier molecular flexibility index (Phi) is 25.0. The van der Waals surface area contributed by atoms with Gasteiger partial charge in [-0.25, -0.2) is 0 Å². The number of rotatable bonds is 29. The van der Waals surface area contributed by atoms with Gasteiger partial charge in [0, 0.05) is 25.5 Å². The van der Waals surface area contributed by atoms with Crippen molar-refractivity contribution in [2.75, 3.05) is 13.1 Å². The van der Waals surface area contributed by atoms with Crippen LogP contribution in [-0.4, -0.2) is 29.1 Å². The van der Waals surface area contributed by atoms with E-state index in [1.807, 2.05) is 0 Å². The lowest BCUT2D eigenvalue weighted by molar-refractivity contribution is 0.135. The Labute approximate surface area is 235 Å². The third-order valence-corrected chi connectivity index (χ3v) is 8.57. The molecule has 0 spiro atoms. The van der Waals surface area contributed by atoms with Crippen molar-refractivity contribution in [1.82, 2.24) is 9.80 Å². The Morgan fingerprint density at radius 3 is 1.00 bits per heavy atom. The van der Waals surface area contributed by atoms with Crippen molar-refractivity contribution < 1.29 is 0 Å². The Morgan fingerprint density at radius 2 is 0.622 bits per heavy atom. The molecule has 1 rings (SSSR count). The Hall–Kier alpha value is -0.660. The Morgan fingerprint density at radius 1 is 0.351 bits per heavy atom. The van der Waals surface area contributed by atoms with Crippen molar-refractivity contribution in [1.29, 1.82) is 0 Å². The molecule has 1 unspecified atom stereocenters. The van der Waals surface area contributed by atoms with Crippen molar-refractivity contribution in [3.63, 3.8) is 0 Å². The van der Waals surface area contributed by atoms with Crippen LogP contribution in [0.4, 0.5) is 0 Å². The zero-order chi connectivity index (χ0) is 26.7. The van der Waals surface area contributed by atoms with E-state index in [9.17, 15) is 0 Å². The lowest BCUT2D eigenvalue weighted by atomic mass is 10.0. The Balaban J connectivity index is 2.03. The molecule has 0 saturated carbocycles. The maximum atomic E-state index is 2.68. The van der Waals surface area contributed by atoms with Crippen LogP contribution in [0.1, 0.15) is 194 Å². The fourth-order valence-electron chi connectivity index (χ4n) is 6.01. The highest BCUT2D eigenvalue weighted by Gasteiger charge is 2.24. The standard InChI is InChI=1S/C35H70N2/c1-4-7-10-12-14-15-16-17-18-19-20-21-22-23-24-25-27-30-35-36(31-28-9-6-3)33-34-37(35)32-29-26-13-11-8-5-2/h33-35H,4-32H2,1-3H3. The molecule has 0 aromatic heterocycles. The largest absolute Gasteiger partial charge is 0.356 e. The highest BCUT2D eigenvalue weighted by molar-refractivity contribution is 4.97. The van der Waals surface area contributed by atoms with Crippen molar-refractivity contribution >= 4 is 0 Å². The zero-order valence-corrected chi connectivity index (χ0v) is 26.1. The number of unbranched alkanes of at least 4 members (excludes halogenated alkanes) is 23. The van der Waals surface area contributed by atoms with Gasteiger partial charge < -0.3 is 9.80 Å². The zero-order valence-electron chi connectivity index (χ0n) is 26.1. The summed E-state index contributed by atoms with van der Waals surface area (Å²) in [5.41, 5.74) is 0. The summed E-state index contributed by atoms with van der Waals surface area (Å²) in [5.74, 6) is 0. The minimum atomic E-state index is 0.642. The van der Waals surface area contributed by atoms with E-state index >= 15 is 0 Å². The van der Waals surface area contributed by atoms with Crippen molar-refractivity contribution in [2.24, 2.45) is 0 Å². The predicted molar refractivity (Wildman–Crippen MR) is 168 cm³/mol. The summed E-state index contributed by atoms with van der Waals surface area (Å²) < 4.78 is 0. The third kappa shape index (κ3) is 20.0. The van der Waals surface area contributed by atoms with Gasteiger partial charge in [0.25, 0.3) is 0 Å².